The zero-order chi connectivity index (χ0) is 22.3. The summed E-state index contributed by atoms with van der Waals surface area (Å²) in [7, 11) is 0. The van der Waals surface area contributed by atoms with Crippen LogP contribution in [0.3, 0.4) is 0 Å². The second kappa shape index (κ2) is 6.28. The van der Waals surface area contributed by atoms with Crippen LogP contribution in [0.15, 0.2) is 54.6 Å². The summed E-state index contributed by atoms with van der Waals surface area (Å²) in [4.78, 5) is 0. The number of fused-ring (bicyclic) bond motifs is 4. The Hall–Kier alpha value is -2.48. The van der Waals surface area contributed by atoms with E-state index in [1.165, 1.54) is 38.6 Å². The van der Waals surface area contributed by atoms with Crippen LogP contribution in [0.1, 0.15) is 77.6 Å². The summed E-state index contributed by atoms with van der Waals surface area (Å²) in [6.45, 7) is 18.6. The molecule has 0 N–H and O–H groups in total. The van der Waals surface area contributed by atoms with Gasteiger partial charge in [-0.05, 0) is 56.1 Å². The first-order chi connectivity index (χ1) is 14.4. The van der Waals surface area contributed by atoms with Crippen LogP contribution in [-0.4, -0.2) is 6.71 Å². The summed E-state index contributed by atoms with van der Waals surface area (Å²) < 4.78 is 6.70. The number of hydrogen-bond donors (Lipinski definition) is 0. The quantitative estimate of drug-likeness (QED) is 0.347. The average molecular weight is 408 g/mol. The summed E-state index contributed by atoms with van der Waals surface area (Å²) in [5.41, 5.74) is 9.62. The number of benzene rings is 3. The fourth-order valence-corrected chi connectivity index (χ4v) is 5.35. The molecule has 0 amide bonds. The maximum Gasteiger partial charge on any atom is 0.251 e. The largest absolute Gasteiger partial charge is 0.458 e. The van der Waals surface area contributed by atoms with Crippen molar-refractivity contribution in [1.82, 2.24) is 0 Å². The van der Waals surface area contributed by atoms with E-state index >= 15 is 0 Å². The van der Waals surface area contributed by atoms with Crippen LogP contribution in [-0.2, 0) is 16.2 Å². The highest BCUT2D eigenvalue weighted by Gasteiger charge is 2.45. The highest BCUT2D eigenvalue weighted by molar-refractivity contribution is 6.98. The third kappa shape index (κ3) is 2.98. The van der Waals surface area contributed by atoms with Gasteiger partial charge in [0.25, 0.3) is 6.71 Å². The Balaban J connectivity index is 1.85. The lowest BCUT2D eigenvalue weighted by atomic mass is 9.30. The van der Waals surface area contributed by atoms with Crippen molar-refractivity contribution in [3.8, 4) is 11.5 Å². The van der Waals surface area contributed by atoms with Gasteiger partial charge in [-0.2, -0.15) is 0 Å². The van der Waals surface area contributed by atoms with Crippen molar-refractivity contribution in [1.29, 1.82) is 0 Å². The molecule has 0 saturated carbocycles. The van der Waals surface area contributed by atoms with Gasteiger partial charge in [0.05, 0.1) is 0 Å². The predicted octanol–water partition coefficient (Wildman–Crippen LogP) is 5.54. The monoisotopic (exact) mass is 408 g/mol. The van der Waals surface area contributed by atoms with Crippen molar-refractivity contribution in [2.45, 2.75) is 71.6 Å². The predicted molar refractivity (Wildman–Crippen MR) is 134 cm³/mol. The van der Waals surface area contributed by atoms with Crippen molar-refractivity contribution in [3.63, 3.8) is 0 Å². The molecule has 0 aliphatic carbocycles. The highest BCUT2D eigenvalue weighted by atomic mass is 16.5. The van der Waals surface area contributed by atoms with Crippen molar-refractivity contribution in [2.24, 2.45) is 0 Å². The zero-order valence-corrected chi connectivity index (χ0v) is 20.2. The van der Waals surface area contributed by atoms with E-state index in [1.54, 1.807) is 0 Å². The topological polar surface area (TPSA) is 9.23 Å². The first kappa shape index (κ1) is 20.4. The van der Waals surface area contributed by atoms with Gasteiger partial charge in [-0.15, -0.1) is 0 Å². The molecule has 31 heavy (non-hydrogen) atoms. The smallest absolute Gasteiger partial charge is 0.251 e. The molecule has 1 nitrogen and oxygen atoms in total. The van der Waals surface area contributed by atoms with Crippen molar-refractivity contribution in [3.05, 3.63) is 76.9 Å². The Bertz CT molecular complexity index is 1200. The lowest BCUT2D eigenvalue weighted by Gasteiger charge is -2.42. The Morgan fingerprint density at radius 1 is 0.677 bits per heavy atom. The summed E-state index contributed by atoms with van der Waals surface area (Å²) in [6.07, 6.45) is 0. The van der Waals surface area contributed by atoms with E-state index in [0.29, 0.717) is 0 Å². The Kier molecular flexibility index (Phi) is 4.14. The minimum absolute atomic E-state index is 0.0605. The third-order valence-electron chi connectivity index (χ3n) is 7.33. The first-order valence-corrected chi connectivity index (χ1v) is 11.5. The molecule has 0 radical (unpaired) electrons. The zero-order valence-electron chi connectivity index (χ0n) is 20.2. The number of rotatable bonds is 0. The number of ether oxygens (including phenoxy) is 1. The molecule has 5 rings (SSSR count). The van der Waals surface area contributed by atoms with E-state index in [4.69, 9.17) is 4.74 Å². The maximum absolute atomic E-state index is 6.70. The molecule has 0 aromatic heterocycles. The fourth-order valence-electron chi connectivity index (χ4n) is 5.35. The maximum atomic E-state index is 6.70. The summed E-state index contributed by atoms with van der Waals surface area (Å²) >= 11 is 0. The van der Waals surface area contributed by atoms with Gasteiger partial charge < -0.3 is 4.74 Å². The average Bonchev–Trinajstić information content (AvgIpc) is 2.68. The second-order valence-corrected chi connectivity index (χ2v) is 11.9. The molecule has 0 spiro atoms. The molecule has 0 fully saturated rings. The van der Waals surface area contributed by atoms with E-state index in [0.717, 1.165) is 11.5 Å². The summed E-state index contributed by atoms with van der Waals surface area (Å²) in [5.74, 6) is 2.05. The lowest BCUT2D eigenvalue weighted by molar-refractivity contribution is 0.476. The molecule has 3 aromatic carbocycles. The van der Waals surface area contributed by atoms with Crippen LogP contribution in [0.4, 0.5) is 0 Å². The Morgan fingerprint density at radius 2 is 1.32 bits per heavy atom. The van der Waals surface area contributed by atoms with E-state index in [2.05, 4.69) is 110 Å². The molecule has 158 valence electrons. The van der Waals surface area contributed by atoms with Crippen molar-refractivity contribution in [2.75, 3.05) is 0 Å². The molecule has 0 atom stereocenters. The Labute approximate surface area is 187 Å². The molecule has 2 aliphatic rings. The minimum Gasteiger partial charge on any atom is -0.458 e. The van der Waals surface area contributed by atoms with Crippen LogP contribution < -0.4 is 21.1 Å². The van der Waals surface area contributed by atoms with Gasteiger partial charge in [-0.3, -0.25) is 0 Å². The molecule has 3 aromatic rings. The van der Waals surface area contributed by atoms with Gasteiger partial charge in [0.15, 0.2) is 0 Å². The van der Waals surface area contributed by atoms with Gasteiger partial charge in [-0.25, -0.2) is 0 Å². The van der Waals surface area contributed by atoms with Gasteiger partial charge in [-0.1, -0.05) is 103 Å². The molecule has 0 unspecified atom stereocenters. The van der Waals surface area contributed by atoms with Crippen LogP contribution >= 0.6 is 0 Å². The SMILES string of the molecule is CC(C)(C)c1ccc2c(c1)Oc1cc(C(C)(C)C)cc3c1B2c1ccccc1C3(C)C. The van der Waals surface area contributed by atoms with Crippen molar-refractivity contribution >= 4 is 23.1 Å². The summed E-state index contributed by atoms with van der Waals surface area (Å²) in [6, 6.07) is 20.6. The molecule has 2 heterocycles. The lowest BCUT2D eigenvalue weighted by Crippen LogP contribution is -2.62. The molecular weight excluding hydrogens is 375 g/mol. The van der Waals surface area contributed by atoms with Crippen LogP contribution in [0.5, 0.6) is 11.5 Å². The van der Waals surface area contributed by atoms with Crippen LogP contribution in [0, 0.1) is 0 Å². The number of hydrogen-bond acceptors (Lipinski definition) is 1. The van der Waals surface area contributed by atoms with Crippen LogP contribution in [0.2, 0.25) is 0 Å². The first-order valence-electron chi connectivity index (χ1n) is 11.5. The van der Waals surface area contributed by atoms with Gasteiger partial charge in [0.1, 0.15) is 11.5 Å². The second-order valence-electron chi connectivity index (χ2n) is 11.9. The minimum atomic E-state index is -0.0648. The molecule has 0 bridgehead atoms. The molecular formula is C29H33BO. The van der Waals surface area contributed by atoms with Crippen molar-refractivity contribution < 1.29 is 4.74 Å². The Morgan fingerprint density at radius 3 is 2.00 bits per heavy atom. The van der Waals surface area contributed by atoms with Crippen LogP contribution in [0.25, 0.3) is 0 Å². The van der Waals surface area contributed by atoms with E-state index in [9.17, 15) is 0 Å². The van der Waals surface area contributed by atoms with Gasteiger partial charge in [0.2, 0.25) is 0 Å². The van der Waals surface area contributed by atoms with Gasteiger partial charge in [0, 0.05) is 5.41 Å². The highest BCUT2D eigenvalue weighted by Crippen LogP contribution is 2.41. The molecule has 0 saturated heterocycles. The third-order valence-corrected chi connectivity index (χ3v) is 7.33. The summed E-state index contributed by atoms with van der Waals surface area (Å²) in [5, 5.41) is 0. The van der Waals surface area contributed by atoms with E-state index in [1.807, 2.05) is 0 Å². The van der Waals surface area contributed by atoms with E-state index < -0.39 is 0 Å². The standard InChI is InChI=1S/C29H33BO/c1-27(2,3)18-13-14-23-24(16-18)31-25-17-19(28(4,5)6)15-21-26(25)30(23)22-12-10-9-11-20(22)29(21,7)8/h9-17H,1-8H3. The van der Waals surface area contributed by atoms with E-state index in [-0.39, 0.29) is 23.0 Å². The normalized spacial score (nSPS) is 16.2. The molecule has 2 aliphatic heterocycles. The fraction of sp³-hybridized carbons (Fsp3) is 0.379. The van der Waals surface area contributed by atoms with Gasteiger partial charge >= 0.3 is 0 Å². The molecule has 2 heteroatoms.